The number of thiocarbonyl (C=S) groups is 1. The lowest BCUT2D eigenvalue weighted by molar-refractivity contribution is -0.139. The van der Waals surface area contributed by atoms with Gasteiger partial charge in [-0.25, -0.2) is 4.79 Å². The van der Waals surface area contributed by atoms with Crippen molar-refractivity contribution in [3.63, 3.8) is 0 Å². The minimum atomic E-state index is -1.18. The van der Waals surface area contributed by atoms with Gasteiger partial charge >= 0.3 is 6.09 Å². The minimum absolute atomic E-state index is 0.103. The van der Waals surface area contributed by atoms with Gasteiger partial charge in [-0.1, -0.05) is 30.3 Å². The molecule has 0 saturated heterocycles. The highest BCUT2D eigenvalue weighted by Gasteiger charge is 2.29. The van der Waals surface area contributed by atoms with E-state index in [4.69, 9.17) is 28.4 Å². The number of likely N-dealkylation sites (N-methyl/N-ethyl adjacent to an activating group) is 1. The Morgan fingerprint density at radius 2 is 1.65 bits per heavy atom. The molecule has 37 heavy (non-hydrogen) atoms. The Morgan fingerprint density at radius 3 is 2.19 bits per heavy atom. The van der Waals surface area contributed by atoms with E-state index in [0.29, 0.717) is 0 Å². The van der Waals surface area contributed by atoms with Crippen LogP contribution in [0.3, 0.4) is 0 Å². The molecule has 13 nitrogen and oxygen atoms in total. The predicted molar refractivity (Wildman–Crippen MR) is 139 cm³/mol. The second kappa shape index (κ2) is 14.6. The van der Waals surface area contributed by atoms with E-state index in [1.807, 2.05) is 6.07 Å². The van der Waals surface area contributed by atoms with E-state index in [-0.39, 0.29) is 24.4 Å². The maximum Gasteiger partial charge on any atom is 0.408 e. The maximum atomic E-state index is 12.9. The fraction of sp³-hybridized carbons (Fsp3) is 0.478. The van der Waals surface area contributed by atoms with Crippen molar-refractivity contribution in [2.45, 2.75) is 57.7 Å². The summed E-state index contributed by atoms with van der Waals surface area (Å²) in [5, 5.41) is 4.64. The molecule has 0 bridgehead atoms. The lowest BCUT2D eigenvalue weighted by Crippen LogP contribution is -2.56. The number of ether oxygens (including phenoxy) is 1. The number of nitrogens with zero attached hydrogens (tertiary/aromatic N) is 1. The molecule has 1 aromatic rings. The fourth-order valence-corrected chi connectivity index (χ4v) is 3.09. The van der Waals surface area contributed by atoms with E-state index in [1.54, 1.807) is 45.0 Å². The first-order chi connectivity index (χ1) is 17.2. The quantitative estimate of drug-likeness (QED) is 0.154. The number of hydrazine groups is 1. The highest BCUT2D eigenvalue weighted by atomic mass is 32.1. The van der Waals surface area contributed by atoms with Gasteiger partial charge in [-0.3, -0.25) is 30.0 Å². The maximum absolute atomic E-state index is 12.9. The number of primary amides is 1. The van der Waals surface area contributed by atoms with Gasteiger partial charge in [0.1, 0.15) is 17.7 Å². The molecular weight excluding hydrogens is 502 g/mol. The molecule has 0 spiro atoms. The summed E-state index contributed by atoms with van der Waals surface area (Å²) in [5.41, 5.74) is 15.2. The Morgan fingerprint density at radius 1 is 1.03 bits per heavy atom. The van der Waals surface area contributed by atoms with Crippen LogP contribution in [0.5, 0.6) is 0 Å². The molecule has 0 fully saturated rings. The van der Waals surface area contributed by atoms with Crippen molar-refractivity contribution in [1.82, 2.24) is 26.4 Å². The molecule has 0 unspecified atom stereocenters. The second-order valence-electron chi connectivity index (χ2n) is 9.11. The Hall–Kier alpha value is -3.94. The van der Waals surface area contributed by atoms with Crippen molar-refractivity contribution in [2.75, 3.05) is 13.6 Å². The molecule has 0 radical (unpaired) electrons. The van der Waals surface area contributed by atoms with E-state index >= 15 is 0 Å². The number of hydrogen-bond acceptors (Lipinski definition) is 7. The summed E-state index contributed by atoms with van der Waals surface area (Å²) in [6.07, 6.45) is -0.986. The van der Waals surface area contributed by atoms with Crippen molar-refractivity contribution in [1.29, 1.82) is 0 Å². The summed E-state index contributed by atoms with van der Waals surface area (Å²) < 4.78 is 5.15. The lowest BCUT2D eigenvalue weighted by Gasteiger charge is -2.28. The van der Waals surface area contributed by atoms with Crippen LogP contribution in [0, 0.1) is 0 Å². The van der Waals surface area contributed by atoms with E-state index in [2.05, 4.69) is 21.5 Å². The summed E-state index contributed by atoms with van der Waals surface area (Å²) in [5.74, 6) is -2.57. The van der Waals surface area contributed by atoms with Gasteiger partial charge in [-0.05, 0) is 45.0 Å². The summed E-state index contributed by atoms with van der Waals surface area (Å²) >= 11 is 4.69. The van der Waals surface area contributed by atoms with Gasteiger partial charge in [-0.15, -0.1) is 0 Å². The number of carbonyl (C=O) groups excluding carboxylic acids is 5. The number of rotatable bonds is 11. The molecule has 0 aromatic heterocycles. The lowest BCUT2D eigenvalue weighted by atomic mass is 10.0. The molecule has 5 amide bonds. The molecule has 1 rings (SSSR count). The first-order valence-electron chi connectivity index (χ1n) is 11.4. The second-order valence-corrected chi connectivity index (χ2v) is 9.55. The number of nitrogens with one attached hydrogen (secondary N) is 4. The van der Waals surface area contributed by atoms with Gasteiger partial charge in [0.2, 0.25) is 17.7 Å². The molecule has 8 N–H and O–H groups in total. The van der Waals surface area contributed by atoms with Gasteiger partial charge in [0.05, 0.1) is 6.54 Å². The minimum Gasteiger partial charge on any atom is -0.444 e. The Labute approximate surface area is 221 Å². The highest BCUT2D eigenvalue weighted by Crippen LogP contribution is 2.10. The number of alkyl carbamates (subject to hydrolysis) is 1. The monoisotopic (exact) mass is 537 g/mol. The summed E-state index contributed by atoms with van der Waals surface area (Å²) in [6, 6.07) is 6.85. The van der Waals surface area contributed by atoms with E-state index < -0.39 is 54.0 Å². The van der Waals surface area contributed by atoms with Crippen LogP contribution in [0.1, 0.15) is 39.2 Å². The summed E-state index contributed by atoms with van der Waals surface area (Å²) in [7, 11) is 1.41. The Kier molecular flexibility index (Phi) is 12.3. The van der Waals surface area contributed by atoms with Crippen LogP contribution in [0.25, 0.3) is 0 Å². The third-order valence-corrected chi connectivity index (χ3v) is 4.95. The predicted octanol–water partition coefficient (Wildman–Crippen LogP) is -0.804. The number of amides is 5. The molecule has 204 valence electrons. The van der Waals surface area contributed by atoms with E-state index in [0.717, 1.165) is 5.56 Å². The van der Waals surface area contributed by atoms with Gasteiger partial charge in [0.25, 0.3) is 5.91 Å². The third-order valence-electron chi connectivity index (χ3n) is 4.85. The number of carbonyl (C=O) groups is 5. The number of nitrogens with two attached hydrogens (primary N) is 2. The van der Waals surface area contributed by atoms with Gasteiger partial charge in [0, 0.05) is 19.9 Å². The number of benzene rings is 1. The van der Waals surface area contributed by atoms with Gasteiger partial charge in [-0.2, -0.15) is 0 Å². The smallest absolute Gasteiger partial charge is 0.408 e. The largest absolute Gasteiger partial charge is 0.444 e. The van der Waals surface area contributed by atoms with Gasteiger partial charge < -0.3 is 31.7 Å². The zero-order chi connectivity index (χ0) is 28.2. The first-order valence-corrected chi connectivity index (χ1v) is 11.8. The average molecular weight is 538 g/mol. The molecule has 2 atom stereocenters. The molecular formula is C23H35N7O6S. The normalized spacial score (nSPS) is 12.3. The standard InChI is InChI=1S/C23H35N7O6S/c1-23(2,3)36-22(35)27-15(10-11-17(24)31)19(33)26-13-18(32)30(4)16(20(34)28-29-21(25)37)12-14-8-6-5-7-9-14/h5-9,15-16H,10-13H2,1-4H3,(H2,24,31)(H,26,33)(H,27,35)(H,28,34)(H3,25,29,37)/t15-,16+/m1/s1. The summed E-state index contributed by atoms with van der Waals surface area (Å²) in [6.45, 7) is 4.47. The number of hydrogen-bond donors (Lipinski definition) is 6. The van der Waals surface area contributed by atoms with Gasteiger partial charge in [0.15, 0.2) is 5.11 Å². The Bertz CT molecular complexity index is 984. The van der Waals surface area contributed by atoms with Crippen LogP contribution >= 0.6 is 12.2 Å². The van der Waals surface area contributed by atoms with Crippen LogP contribution in [0.2, 0.25) is 0 Å². The Balaban J connectivity index is 2.90. The van der Waals surface area contributed by atoms with Crippen LogP contribution in [0.15, 0.2) is 30.3 Å². The molecule has 0 aliphatic carbocycles. The average Bonchev–Trinajstić information content (AvgIpc) is 2.80. The zero-order valence-electron chi connectivity index (χ0n) is 21.3. The molecule has 1 aromatic carbocycles. The topological polar surface area (TPSA) is 198 Å². The van der Waals surface area contributed by atoms with E-state index in [1.165, 1.54) is 11.9 Å². The van der Waals surface area contributed by atoms with Crippen LogP contribution in [-0.2, 0) is 30.3 Å². The molecule has 14 heteroatoms. The molecule has 0 aliphatic heterocycles. The van der Waals surface area contributed by atoms with Crippen molar-refractivity contribution < 1.29 is 28.7 Å². The molecule has 0 heterocycles. The van der Waals surface area contributed by atoms with Crippen molar-refractivity contribution in [3.05, 3.63) is 35.9 Å². The van der Waals surface area contributed by atoms with Crippen molar-refractivity contribution in [2.24, 2.45) is 11.5 Å². The third kappa shape index (κ3) is 12.5. The molecule has 0 aliphatic rings. The van der Waals surface area contributed by atoms with Crippen molar-refractivity contribution in [3.8, 4) is 0 Å². The molecule has 0 saturated carbocycles. The van der Waals surface area contributed by atoms with E-state index in [9.17, 15) is 24.0 Å². The van der Waals surface area contributed by atoms with Crippen LogP contribution < -0.4 is 33.0 Å². The van der Waals surface area contributed by atoms with Crippen molar-refractivity contribution >= 4 is 47.1 Å². The van der Waals surface area contributed by atoms with Crippen LogP contribution in [-0.4, -0.2) is 71.0 Å². The fourth-order valence-electron chi connectivity index (χ4n) is 3.04. The highest BCUT2D eigenvalue weighted by molar-refractivity contribution is 7.80. The summed E-state index contributed by atoms with van der Waals surface area (Å²) in [4.78, 5) is 62.9. The first kappa shape index (κ1) is 31.1. The SMILES string of the molecule is CN(C(=O)CNC(=O)[C@@H](CCC(N)=O)NC(=O)OC(C)(C)C)[C@@H](Cc1ccccc1)C(=O)NNC(N)=S. The van der Waals surface area contributed by atoms with Crippen LogP contribution in [0.4, 0.5) is 4.79 Å². The zero-order valence-corrected chi connectivity index (χ0v) is 22.1.